The number of benzene rings is 1. The summed E-state index contributed by atoms with van der Waals surface area (Å²) in [7, 11) is 1.99. The molecule has 0 aliphatic heterocycles. The van der Waals surface area contributed by atoms with Crippen molar-refractivity contribution in [3.05, 3.63) is 29.5 Å². The molecule has 0 spiro atoms. The zero-order valence-electron chi connectivity index (χ0n) is 10.1. The highest BCUT2D eigenvalue weighted by Crippen LogP contribution is 2.26. The molecule has 0 radical (unpaired) electrons. The first-order valence-electron chi connectivity index (χ1n) is 5.33. The molecular formula is C13H18N2. The molecule has 0 amide bonds. The minimum absolute atomic E-state index is 0.194. The molecule has 0 saturated heterocycles. The molecule has 1 heterocycles. The topological polar surface area (TPSA) is 17.8 Å². The predicted octanol–water partition coefficient (Wildman–Crippen LogP) is 3.18. The summed E-state index contributed by atoms with van der Waals surface area (Å²) in [6, 6.07) is 6.58. The van der Waals surface area contributed by atoms with E-state index < -0.39 is 0 Å². The lowest BCUT2D eigenvalue weighted by Gasteiger charge is -2.18. The van der Waals surface area contributed by atoms with Crippen LogP contribution in [0, 0.1) is 6.92 Å². The maximum absolute atomic E-state index is 4.50. The van der Waals surface area contributed by atoms with Crippen molar-refractivity contribution < 1.29 is 0 Å². The van der Waals surface area contributed by atoms with Gasteiger partial charge in [0.1, 0.15) is 0 Å². The Balaban J connectivity index is 2.67. The minimum Gasteiger partial charge on any atom is -0.272 e. The van der Waals surface area contributed by atoms with Gasteiger partial charge in [-0.05, 0) is 24.0 Å². The first-order chi connectivity index (χ1) is 6.89. The Morgan fingerprint density at radius 2 is 1.87 bits per heavy atom. The summed E-state index contributed by atoms with van der Waals surface area (Å²) >= 11 is 0. The van der Waals surface area contributed by atoms with Crippen molar-refractivity contribution in [3.8, 4) is 0 Å². The number of hydrogen-bond acceptors (Lipinski definition) is 1. The highest BCUT2D eigenvalue weighted by atomic mass is 15.3. The fraction of sp³-hybridized carbons (Fsp3) is 0.462. The average Bonchev–Trinajstić information content (AvgIpc) is 2.41. The largest absolute Gasteiger partial charge is 0.272 e. The van der Waals surface area contributed by atoms with Crippen molar-refractivity contribution in [2.24, 2.45) is 7.05 Å². The third-order valence-corrected chi connectivity index (χ3v) is 3.00. The third-order valence-electron chi connectivity index (χ3n) is 3.00. The smallest absolute Gasteiger partial charge is 0.0928 e. The second-order valence-electron chi connectivity index (χ2n) is 5.19. The summed E-state index contributed by atoms with van der Waals surface area (Å²) in [5, 5.41) is 5.76. The van der Waals surface area contributed by atoms with E-state index >= 15 is 0 Å². The number of aromatic nitrogens is 2. The van der Waals surface area contributed by atoms with Crippen LogP contribution in [0.3, 0.4) is 0 Å². The van der Waals surface area contributed by atoms with E-state index in [1.54, 1.807) is 0 Å². The van der Waals surface area contributed by atoms with E-state index in [1.165, 1.54) is 16.6 Å². The molecule has 0 atom stereocenters. The molecule has 0 aliphatic rings. The fourth-order valence-electron chi connectivity index (χ4n) is 1.80. The maximum Gasteiger partial charge on any atom is 0.0928 e. The summed E-state index contributed by atoms with van der Waals surface area (Å²) in [5.41, 5.74) is 3.86. The van der Waals surface area contributed by atoms with Gasteiger partial charge >= 0.3 is 0 Å². The van der Waals surface area contributed by atoms with Crippen LogP contribution in [0.15, 0.2) is 18.2 Å². The Labute approximate surface area is 90.9 Å². The van der Waals surface area contributed by atoms with Crippen LogP contribution in [0.4, 0.5) is 0 Å². The summed E-state index contributed by atoms with van der Waals surface area (Å²) < 4.78 is 1.94. The van der Waals surface area contributed by atoms with Gasteiger partial charge in [0.2, 0.25) is 0 Å². The summed E-state index contributed by atoms with van der Waals surface area (Å²) in [5.74, 6) is 0. The lowest BCUT2D eigenvalue weighted by molar-refractivity contribution is 0.591. The predicted molar refractivity (Wildman–Crippen MR) is 64.2 cm³/mol. The first-order valence-corrected chi connectivity index (χ1v) is 5.33. The molecule has 0 saturated carbocycles. The molecule has 0 unspecified atom stereocenters. The number of rotatable bonds is 0. The average molecular weight is 202 g/mol. The molecule has 80 valence electrons. The Kier molecular flexibility index (Phi) is 2.10. The second kappa shape index (κ2) is 3.09. The highest BCUT2D eigenvalue weighted by molar-refractivity contribution is 5.82. The van der Waals surface area contributed by atoms with Crippen LogP contribution >= 0.6 is 0 Å². The molecule has 0 N–H and O–H groups in total. The van der Waals surface area contributed by atoms with Gasteiger partial charge in [-0.15, -0.1) is 0 Å². The van der Waals surface area contributed by atoms with Crippen LogP contribution in [-0.2, 0) is 12.5 Å². The van der Waals surface area contributed by atoms with E-state index in [9.17, 15) is 0 Å². The van der Waals surface area contributed by atoms with E-state index in [2.05, 4.69) is 51.0 Å². The van der Waals surface area contributed by atoms with Gasteiger partial charge < -0.3 is 0 Å². The van der Waals surface area contributed by atoms with Crippen molar-refractivity contribution in [1.82, 2.24) is 9.78 Å². The van der Waals surface area contributed by atoms with E-state index in [1.807, 2.05) is 11.7 Å². The molecule has 2 aromatic rings. The molecule has 15 heavy (non-hydrogen) atoms. The fourth-order valence-corrected chi connectivity index (χ4v) is 1.80. The van der Waals surface area contributed by atoms with Crippen molar-refractivity contribution >= 4 is 10.9 Å². The van der Waals surface area contributed by atoms with Gasteiger partial charge in [-0.3, -0.25) is 4.68 Å². The molecule has 1 aromatic carbocycles. The molecule has 1 aromatic heterocycles. The van der Waals surface area contributed by atoms with Gasteiger partial charge in [-0.25, -0.2) is 0 Å². The van der Waals surface area contributed by atoms with Crippen LogP contribution in [0.25, 0.3) is 10.9 Å². The Morgan fingerprint density at radius 3 is 2.47 bits per heavy atom. The van der Waals surface area contributed by atoms with Gasteiger partial charge in [0.15, 0.2) is 0 Å². The number of nitrogens with zero attached hydrogens (tertiary/aromatic N) is 2. The van der Waals surface area contributed by atoms with Crippen molar-refractivity contribution in [2.45, 2.75) is 33.1 Å². The standard InChI is InChI=1S/C13H18N2/c1-9-11-7-6-10(13(2,3)4)8-12(11)14-15(9)5/h6-8H,1-5H3. The lowest BCUT2D eigenvalue weighted by Crippen LogP contribution is -2.10. The Bertz CT molecular complexity index is 501. The van der Waals surface area contributed by atoms with Gasteiger partial charge in [-0.2, -0.15) is 5.10 Å². The minimum atomic E-state index is 0.194. The molecule has 2 rings (SSSR count). The lowest BCUT2D eigenvalue weighted by atomic mass is 9.86. The first kappa shape index (κ1) is 10.2. The van der Waals surface area contributed by atoms with Crippen LogP contribution in [-0.4, -0.2) is 9.78 Å². The maximum atomic E-state index is 4.50. The summed E-state index contributed by atoms with van der Waals surface area (Å²) in [4.78, 5) is 0. The van der Waals surface area contributed by atoms with Crippen LogP contribution in [0.1, 0.15) is 32.0 Å². The van der Waals surface area contributed by atoms with E-state index in [0.29, 0.717) is 0 Å². The van der Waals surface area contributed by atoms with Crippen LogP contribution < -0.4 is 0 Å². The SMILES string of the molecule is Cc1c2ccc(C(C)(C)C)cc2nn1C. The quantitative estimate of drug-likeness (QED) is 0.641. The Morgan fingerprint density at radius 1 is 1.20 bits per heavy atom. The van der Waals surface area contributed by atoms with Gasteiger partial charge in [0.05, 0.1) is 5.52 Å². The second-order valence-corrected chi connectivity index (χ2v) is 5.19. The zero-order chi connectivity index (χ0) is 11.2. The highest BCUT2D eigenvalue weighted by Gasteiger charge is 2.15. The molecule has 2 heteroatoms. The van der Waals surface area contributed by atoms with Crippen molar-refractivity contribution in [3.63, 3.8) is 0 Å². The van der Waals surface area contributed by atoms with Crippen molar-refractivity contribution in [1.29, 1.82) is 0 Å². The van der Waals surface area contributed by atoms with E-state index in [0.717, 1.165) is 5.52 Å². The molecule has 2 nitrogen and oxygen atoms in total. The molecule has 0 fully saturated rings. The number of aryl methyl sites for hydroxylation is 2. The van der Waals surface area contributed by atoms with Crippen LogP contribution in [0.2, 0.25) is 0 Å². The van der Waals surface area contributed by atoms with E-state index in [-0.39, 0.29) is 5.41 Å². The molecule has 0 aliphatic carbocycles. The van der Waals surface area contributed by atoms with Crippen LogP contribution in [0.5, 0.6) is 0 Å². The van der Waals surface area contributed by atoms with Gasteiger partial charge in [-0.1, -0.05) is 32.9 Å². The summed E-state index contributed by atoms with van der Waals surface area (Å²) in [6.07, 6.45) is 0. The molecule has 0 bridgehead atoms. The van der Waals surface area contributed by atoms with E-state index in [4.69, 9.17) is 0 Å². The van der Waals surface area contributed by atoms with Gasteiger partial charge in [0.25, 0.3) is 0 Å². The number of fused-ring (bicyclic) bond motifs is 1. The summed E-state index contributed by atoms with van der Waals surface area (Å²) in [6.45, 7) is 8.78. The Hall–Kier alpha value is -1.31. The third kappa shape index (κ3) is 1.65. The monoisotopic (exact) mass is 202 g/mol. The zero-order valence-corrected chi connectivity index (χ0v) is 10.1. The normalized spacial score (nSPS) is 12.3. The molecular weight excluding hydrogens is 184 g/mol. The van der Waals surface area contributed by atoms with Gasteiger partial charge in [0, 0.05) is 18.1 Å². The van der Waals surface area contributed by atoms with Crippen molar-refractivity contribution in [2.75, 3.05) is 0 Å². The number of hydrogen-bond donors (Lipinski definition) is 0.